The maximum atomic E-state index is 12.4. The first-order chi connectivity index (χ1) is 9.48. The van der Waals surface area contributed by atoms with Crippen LogP contribution in [0.2, 0.25) is 0 Å². The van der Waals surface area contributed by atoms with Crippen molar-refractivity contribution in [2.75, 3.05) is 6.61 Å². The second-order valence-electron chi connectivity index (χ2n) is 5.23. The molecule has 0 bridgehead atoms. The summed E-state index contributed by atoms with van der Waals surface area (Å²) in [6, 6.07) is 13.2. The third-order valence-corrected chi connectivity index (χ3v) is 3.72. The summed E-state index contributed by atoms with van der Waals surface area (Å²) in [5, 5.41) is 12.6. The Bertz CT molecular complexity index is 604. The molecular weight excluding hydrogens is 252 g/mol. The molecule has 4 nitrogen and oxygen atoms in total. The Morgan fingerprint density at radius 1 is 1.25 bits per heavy atom. The van der Waals surface area contributed by atoms with E-state index >= 15 is 0 Å². The van der Waals surface area contributed by atoms with Crippen molar-refractivity contribution in [3.05, 3.63) is 59.4 Å². The van der Waals surface area contributed by atoms with Crippen molar-refractivity contribution in [2.45, 2.75) is 19.4 Å². The van der Waals surface area contributed by atoms with Crippen LogP contribution in [0.1, 0.15) is 28.7 Å². The summed E-state index contributed by atoms with van der Waals surface area (Å²) in [7, 11) is 1.85. The van der Waals surface area contributed by atoms with Crippen LogP contribution in [-0.2, 0) is 12.6 Å². The summed E-state index contributed by atoms with van der Waals surface area (Å²) in [5.74, 6) is -0.194. The first-order valence-electron chi connectivity index (χ1n) is 6.59. The van der Waals surface area contributed by atoms with Gasteiger partial charge in [0.15, 0.2) is 0 Å². The topological polar surface area (TPSA) is 54.3 Å². The molecule has 1 aromatic heterocycles. The van der Waals surface area contributed by atoms with Gasteiger partial charge in [0.1, 0.15) is 5.69 Å². The maximum Gasteiger partial charge on any atom is 0.268 e. The lowest BCUT2D eigenvalue weighted by Gasteiger charge is -2.29. The van der Waals surface area contributed by atoms with Crippen molar-refractivity contribution in [2.24, 2.45) is 7.05 Å². The number of aromatic nitrogens is 1. The van der Waals surface area contributed by atoms with Gasteiger partial charge in [-0.25, -0.2) is 0 Å². The molecule has 0 aliphatic rings. The molecule has 0 aliphatic carbocycles. The Kier molecular flexibility index (Phi) is 3.95. The van der Waals surface area contributed by atoms with Crippen molar-refractivity contribution < 1.29 is 9.90 Å². The van der Waals surface area contributed by atoms with Crippen LogP contribution in [0.3, 0.4) is 0 Å². The number of carbonyl (C=O) groups excluding carboxylic acids is 1. The molecule has 2 rings (SSSR count). The molecule has 0 saturated carbocycles. The summed E-state index contributed by atoms with van der Waals surface area (Å²) in [6.07, 6.45) is 0. The highest BCUT2D eigenvalue weighted by Crippen LogP contribution is 2.20. The molecule has 4 heteroatoms. The van der Waals surface area contributed by atoms with Gasteiger partial charge in [-0.3, -0.25) is 4.79 Å². The van der Waals surface area contributed by atoms with Crippen LogP contribution in [0.4, 0.5) is 0 Å². The Hall–Kier alpha value is -2.07. The Morgan fingerprint density at radius 2 is 1.90 bits per heavy atom. The monoisotopic (exact) mass is 272 g/mol. The maximum absolute atomic E-state index is 12.4. The molecule has 1 aromatic carbocycles. The number of nitrogens with zero attached hydrogens (tertiary/aromatic N) is 1. The lowest BCUT2D eigenvalue weighted by Crippen LogP contribution is -2.46. The molecule has 1 heterocycles. The van der Waals surface area contributed by atoms with Crippen LogP contribution in [0.5, 0.6) is 0 Å². The molecule has 1 unspecified atom stereocenters. The zero-order chi connectivity index (χ0) is 14.8. The van der Waals surface area contributed by atoms with E-state index in [-0.39, 0.29) is 12.5 Å². The number of aliphatic hydroxyl groups excluding tert-OH is 1. The van der Waals surface area contributed by atoms with Gasteiger partial charge in [0.25, 0.3) is 5.91 Å². The van der Waals surface area contributed by atoms with Gasteiger partial charge in [-0.05, 0) is 31.5 Å². The standard InChI is InChI=1S/C16H20N2O2/c1-12-9-10-14(18(12)3)15(20)17-16(2,11-19)13-7-5-4-6-8-13/h4-10,19H,11H2,1-3H3,(H,17,20). The van der Waals surface area contributed by atoms with E-state index in [9.17, 15) is 9.90 Å². The van der Waals surface area contributed by atoms with E-state index in [2.05, 4.69) is 5.32 Å². The number of amides is 1. The molecule has 20 heavy (non-hydrogen) atoms. The van der Waals surface area contributed by atoms with Gasteiger partial charge in [-0.2, -0.15) is 0 Å². The van der Waals surface area contributed by atoms with Crippen molar-refractivity contribution in [3.63, 3.8) is 0 Å². The number of hydrogen-bond donors (Lipinski definition) is 2. The number of hydrogen-bond acceptors (Lipinski definition) is 2. The number of aryl methyl sites for hydroxylation is 1. The van der Waals surface area contributed by atoms with Crippen molar-refractivity contribution in [3.8, 4) is 0 Å². The molecule has 0 spiro atoms. The van der Waals surface area contributed by atoms with Crippen LogP contribution in [0.25, 0.3) is 0 Å². The zero-order valence-electron chi connectivity index (χ0n) is 12.1. The van der Waals surface area contributed by atoms with Crippen LogP contribution < -0.4 is 5.32 Å². The molecule has 106 valence electrons. The number of nitrogens with one attached hydrogen (secondary N) is 1. The second kappa shape index (κ2) is 5.51. The highest BCUT2D eigenvalue weighted by Gasteiger charge is 2.28. The van der Waals surface area contributed by atoms with Gasteiger partial charge in [-0.15, -0.1) is 0 Å². The fourth-order valence-electron chi connectivity index (χ4n) is 2.16. The Balaban J connectivity index is 2.27. The number of aliphatic hydroxyl groups is 1. The minimum atomic E-state index is -0.795. The summed E-state index contributed by atoms with van der Waals surface area (Å²) in [6.45, 7) is 3.60. The van der Waals surface area contributed by atoms with Gasteiger partial charge < -0.3 is 15.0 Å². The minimum Gasteiger partial charge on any atom is -0.394 e. The summed E-state index contributed by atoms with van der Waals surface area (Å²) >= 11 is 0. The summed E-state index contributed by atoms with van der Waals surface area (Å²) < 4.78 is 1.83. The van der Waals surface area contributed by atoms with Crippen LogP contribution >= 0.6 is 0 Å². The van der Waals surface area contributed by atoms with E-state index in [0.717, 1.165) is 11.3 Å². The molecule has 2 N–H and O–H groups in total. The van der Waals surface area contributed by atoms with Crippen LogP contribution in [0.15, 0.2) is 42.5 Å². The number of carbonyl (C=O) groups is 1. The van der Waals surface area contributed by atoms with E-state index in [1.54, 1.807) is 6.07 Å². The molecule has 2 aromatic rings. The van der Waals surface area contributed by atoms with E-state index in [1.807, 2.05) is 61.9 Å². The normalized spacial score (nSPS) is 13.8. The quantitative estimate of drug-likeness (QED) is 0.894. The first-order valence-corrected chi connectivity index (χ1v) is 6.59. The summed E-state index contributed by atoms with van der Waals surface area (Å²) in [4.78, 5) is 12.4. The number of rotatable bonds is 4. The van der Waals surface area contributed by atoms with Gasteiger partial charge in [0.2, 0.25) is 0 Å². The fourth-order valence-corrected chi connectivity index (χ4v) is 2.16. The lowest BCUT2D eigenvalue weighted by atomic mass is 9.93. The Labute approximate surface area is 119 Å². The van der Waals surface area contributed by atoms with Crippen molar-refractivity contribution in [1.29, 1.82) is 0 Å². The molecular formula is C16H20N2O2. The van der Waals surface area contributed by atoms with E-state index < -0.39 is 5.54 Å². The number of benzene rings is 1. The van der Waals surface area contributed by atoms with E-state index in [0.29, 0.717) is 5.69 Å². The fraction of sp³-hybridized carbons (Fsp3) is 0.312. The van der Waals surface area contributed by atoms with Crippen LogP contribution in [0, 0.1) is 6.92 Å². The van der Waals surface area contributed by atoms with Crippen molar-refractivity contribution in [1.82, 2.24) is 9.88 Å². The van der Waals surface area contributed by atoms with Gasteiger partial charge in [0.05, 0.1) is 12.1 Å². The lowest BCUT2D eigenvalue weighted by molar-refractivity contribution is 0.0841. The predicted molar refractivity (Wildman–Crippen MR) is 78.5 cm³/mol. The van der Waals surface area contributed by atoms with Crippen molar-refractivity contribution >= 4 is 5.91 Å². The third kappa shape index (κ3) is 2.60. The highest BCUT2D eigenvalue weighted by atomic mass is 16.3. The van der Waals surface area contributed by atoms with Gasteiger partial charge in [0, 0.05) is 12.7 Å². The average Bonchev–Trinajstić information content (AvgIpc) is 2.80. The van der Waals surface area contributed by atoms with E-state index in [1.165, 1.54) is 0 Å². The second-order valence-corrected chi connectivity index (χ2v) is 5.23. The molecule has 0 fully saturated rings. The molecule has 0 saturated heterocycles. The largest absolute Gasteiger partial charge is 0.394 e. The van der Waals surface area contributed by atoms with E-state index in [4.69, 9.17) is 0 Å². The summed E-state index contributed by atoms with van der Waals surface area (Å²) in [5.41, 5.74) is 1.68. The average molecular weight is 272 g/mol. The predicted octanol–water partition coefficient (Wildman–Crippen LogP) is 1.97. The van der Waals surface area contributed by atoms with Crippen LogP contribution in [-0.4, -0.2) is 22.2 Å². The molecule has 1 atom stereocenters. The Morgan fingerprint density at radius 3 is 2.40 bits per heavy atom. The molecule has 0 aliphatic heterocycles. The van der Waals surface area contributed by atoms with Gasteiger partial charge in [-0.1, -0.05) is 30.3 Å². The minimum absolute atomic E-state index is 0.161. The third-order valence-electron chi connectivity index (χ3n) is 3.72. The zero-order valence-corrected chi connectivity index (χ0v) is 12.1. The highest BCUT2D eigenvalue weighted by molar-refractivity contribution is 5.93. The smallest absolute Gasteiger partial charge is 0.268 e. The van der Waals surface area contributed by atoms with Gasteiger partial charge >= 0.3 is 0 Å². The molecule has 0 radical (unpaired) electrons. The SMILES string of the molecule is Cc1ccc(C(=O)NC(C)(CO)c2ccccc2)n1C. The first kappa shape index (κ1) is 14.3. The molecule has 1 amide bonds.